The first-order valence-electron chi connectivity index (χ1n) is 7.87. The summed E-state index contributed by atoms with van der Waals surface area (Å²) in [5.74, 6) is -1.98. The third kappa shape index (κ3) is 2.39. The number of carbonyl (C=O) groups is 2. The second-order valence-electron chi connectivity index (χ2n) is 6.04. The fourth-order valence-corrected chi connectivity index (χ4v) is 3.49. The zero-order valence-electron chi connectivity index (χ0n) is 13.2. The molecule has 4 rings (SSSR count). The van der Waals surface area contributed by atoms with E-state index in [4.69, 9.17) is 5.11 Å². The average Bonchev–Trinajstić information content (AvgIpc) is 2.99. The van der Waals surface area contributed by atoms with Crippen LogP contribution in [-0.4, -0.2) is 22.2 Å². The minimum atomic E-state index is -1.01. The lowest BCUT2D eigenvalue weighted by molar-refractivity contribution is 0.0685. The van der Waals surface area contributed by atoms with Crippen molar-refractivity contribution in [3.8, 4) is 22.3 Å². The molecule has 0 unspecified atom stereocenters. The lowest BCUT2D eigenvalue weighted by atomic mass is 9.92. The van der Waals surface area contributed by atoms with Gasteiger partial charge in [-0.25, -0.2) is 9.59 Å². The van der Waals surface area contributed by atoms with Gasteiger partial charge in [0.05, 0.1) is 11.1 Å². The monoisotopic (exact) mass is 330 g/mol. The van der Waals surface area contributed by atoms with Crippen molar-refractivity contribution in [3.05, 3.63) is 82.9 Å². The summed E-state index contributed by atoms with van der Waals surface area (Å²) >= 11 is 0. The maximum atomic E-state index is 12.0. The molecule has 0 amide bonds. The molecule has 122 valence electrons. The van der Waals surface area contributed by atoms with Gasteiger partial charge in [0.2, 0.25) is 0 Å². The van der Waals surface area contributed by atoms with Crippen molar-refractivity contribution < 1.29 is 19.8 Å². The molecule has 0 saturated heterocycles. The molecule has 0 heterocycles. The molecular weight excluding hydrogens is 316 g/mol. The van der Waals surface area contributed by atoms with Crippen molar-refractivity contribution in [2.45, 2.75) is 6.42 Å². The van der Waals surface area contributed by atoms with Crippen LogP contribution in [0, 0.1) is 0 Å². The lowest BCUT2D eigenvalue weighted by Gasteiger charge is -2.12. The van der Waals surface area contributed by atoms with Crippen molar-refractivity contribution in [2.24, 2.45) is 0 Å². The maximum absolute atomic E-state index is 12.0. The highest BCUT2D eigenvalue weighted by atomic mass is 16.4. The molecule has 1 aliphatic carbocycles. The van der Waals surface area contributed by atoms with Gasteiger partial charge in [-0.3, -0.25) is 0 Å². The third-order valence-corrected chi connectivity index (χ3v) is 4.64. The quantitative estimate of drug-likeness (QED) is 0.586. The molecule has 0 fully saturated rings. The van der Waals surface area contributed by atoms with Crippen LogP contribution in [0.1, 0.15) is 31.8 Å². The van der Waals surface area contributed by atoms with Crippen LogP contribution >= 0.6 is 0 Å². The van der Waals surface area contributed by atoms with Gasteiger partial charge in [0.25, 0.3) is 0 Å². The zero-order chi connectivity index (χ0) is 17.6. The number of benzene rings is 3. The fraction of sp³-hybridized carbons (Fsp3) is 0.0476. The van der Waals surface area contributed by atoms with E-state index in [1.165, 1.54) is 12.1 Å². The Kier molecular flexibility index (Phi) is 3.39. The Hall–Kier alpha value is -3.40. The van der Waals surface area contributed by atoms with Crippen LogP contribution < -0.4 is 0 Å². The van der Waals surface area contributed by atoms with E-state index in [0.717, 1.165) is 22.3 Å². The largest absolute Gasteiger partial charge is 0.478 e. The zero-order valence-corrected chi connectivity index (χ0v) is 13.2. The molecule has 3 aromatic carbocycles. The van der Waals surface area contributed by atoms with E-state index in [-0.39, 0.29) is 11.1 Å². The molecule has 1 aliphatic rings. The lowest BCUT2D eigenvalue weighted by Crippen LogP contribution is -2.05. The molecule has 0 saturated carbocycles. The minimum absolute atomic E-state index is 0.175. The molecule has 0 atom stereocenters. The van der Waals surface area contributed by atoms with Gasteiger partial charge in [0.1, 0.15) is 0 Å². The Labute approximate surface area is 144 Å². The SMILES string of the molecule is O=C(O)c1ccc(-c2ccc3c(c2C(=O)O)Cc2ccccc2-3)cc1. The number of aromatic carboxylic acids is 2. The van der Waals surface area contributed by atoms with Crippen molar-refractivity contribution in [1.82, 2.24) is 0 Å². The van der Waals surface area contributed by atoms with Crippen molar-refractivity contribution in [1.29, 1.82) is 0 Å². The highest BCUT2D eigenvalue weighted by Crippen LogP contribution is 2.41. The molecule has 3 aromatic rings. The van der Waals surface area contributed by atoms with Crippen LogP contribution in [0.3, 0.4) is 0 Å². The third-order valence-electron chi connectivity index (χ3n) is 4.64. The van der Waals surface area contributed by atoms with Gasteiger partial charge in [-0.2, -0.15) is 0 Å². The van der Waals surface area contributed by atoms with Crippen LogP contribution in [0.25, 0.3) is 22.3 Å². The molecule has 0 aliphatic heterocycles. The summed E-state index contributed by atoms with van der Waals surface area (Å²) in [7, 11) is 0. The van der Waals surface area contributed by atoms with Gasteiger partial charge < -0.3 is 10.2 Å². The van der Waals surface area contributed by atoms with E-state index in [1.807, 2.05) is 30.3 Å². The van der Waals surface area contributed by atoms with Gasteiger partial charge in [0.15, 0.2) is 0 Å². The molecule has 0 bridgehead atoms. The van der Waals surface area contributed by atoms with Gasteiger partial charge in [0, 0.05) is 0 Å². The summed E-state index contributed by atoms with van der Waals surface area (Å²) in [6.07, 6.45) is 0.591. The number of hydrogen-bond donors (Lipinski definition) is 2. The highest BCUT2D eigenvalue weighted by Gasteiger charge is 2.26. The van der Waals surface area contributed by atoms with Crippen LogP contribution in [0.5, 0.6) is 0 Å². The maximum Gasteiger partial charge on any atom is 0.336 e. The summed E-state index contributed by atoms with van der Waals surface area (Å²) in [6, 6.07) is 18.0. The Morgan fingerprint density at radius 2 is 1.40 bits per heavy atom. The van der Waals surface area contributed by atoms with Crippen LogP contribution in [0.2, 0.25) is 0 Å². The highest BCUT2D eigenvalue weighted by molar-refractivity contribution is 6.01. The topological polar surface area (TPSA) is 74.6 Å². The van der Waals surface area contributed by atoms with Gasteiger partial charge in [-0.1, -0.05) is 48.5 Å². The van der Waals surface area contributed by atoms with E-state index in [9.17, 15) is 14.7 Å². The van der Waals surface area contributed by atoms with E-state index in [0.29, 0.717) is 17.5 Å². The van der Waals surface area contributed by atoms with Gasteiger partial charge in [-0.05, 0) is 51.9 Å². The predicted octanol–water partition coefficient (Wildman–Crippen LogP) is 4.32. The van der Waals surface area contributed by atoms with E-state index >= 15 is 0 Å². The van der Waals surface area contributed by atoms with E-state index < -0.39 is 11.9 Å². The second kappa shape index (κ2) is 5.60. The molecule has 4 heteroatoms. The molecule has 4 nitrogen and oxygen atoms in total. The summed E-state index contributed by atoms with van der Waals surface area (Å²) in [5.41, 5.74) is 5.74. The van der Waals surface area contributed by atoms with Crippen LogP contribution in [-0.2, 0) is 6.42 Å². The van der Waals surface area contributed by atoms with Crippen LogP contribution in [0.4, 0.5) is 0 Å². The second-order valence-corrected chi connectivity index (χ2v) is 6.04. The first-order valence-corrected chi connectivity index (χ1v) is 7.87. The smallest absolute Gasteiger partial charge is 0.336 e. The number of fused-ring (bicyclic) bond motifs is 3. The summed E-state index contributed by atoms with van der Waals surface area (Å²) in [6.45, 7) is 0. The van der Waals surface area contributed by atoms with Crippen molar-refractivity contribution >= 4 is 11.9 Å². The fourth-order valence-electron chi connectivity index (χ4n) is 3.49. The van der Waals surface area contributed by atoms with Crippen molar-refractivity contribution in [2.75, 3.05) is 0 Å². The molecular formula is C21H14O4. The normalized spacial score (nSPS) is 11.7. The van der Waals surface area contributed by atoms with Gasteiger partial charge in [-0.15, -0.1) is 0 Å². The van der Waals surface area contributed by atoms with E-state index in [2.05, 4.69) is 0 Å². The summed E-state index contributed by atoms with van der Waals surface area (Å²) < 4.78 is 0. The number of carboxylic acid groups (broad SMARTS) is 2. The molecule has 0 aromatic heterocycles. The first-order chi connectivity index (χ1) is 12.1. The molecule has 2 N–H and O–H groups in total. The standard InChI is InChI=1S/C21H14O4/c22-20(23)13-7-5-12(6-8-13)16-9-10-17-15-4-2-1-3-14(15)11-18(17)19(16)21(24)25/h1-10H,11H2,(H,22,23)(H,24,25). The Morgan fingerprint density at radius 3 is 2.08 bits per heavy atom. The molecule has 0 radical (unpaired) electrons. The molecule has 25 heavy (non-hydrogen) atoms. The Bertz CT molecular complexity index is 1020. The molecule has 0 spiro atoms. The summed E-state index contributed by atoms with van der Waals surface area (Å²) in [4.78, 5) is 23.0. The number of rotatable bonds is 3. The Morgan fingerprint density at radius 1 is 0.720 bits per heavy atom. The minimum Gasteiger partial charge on any atom is -0.478 e. The first kappa shape index (κ1) is 15.1. The van der Waals surface area contributed by atoms with Crippen LogP contribution in [0.15, 0.2) is 60.7 Å². The van der Waals surface area contributed by atoms with E-state index in [1.54, 1.807) is 18.2 Å². The van der Waals surface area contributed by atoms with Crippen molar-refractivity contribution in [3.63, 3.8) is 0 Å². The number of hydrogen-bond acceptors (Lipinski definition) is 2. The van der Waals surface area contributed by atoms with Gasteiger partial charge >= 0.3 is 11.9 Å². The summed E-state index contributed by atoms with van der Waals surface area (Å²) in [5, 5.41) is 18.8. The predicted molar refractivity (Wildman–Crippen MR) is 94.0 cm³/mol. The number of carboxylic acids is 2. The average molecular weight is 330 g/mol. The Balaban J connectivity index is 1.89.